The molecule has 5 heteroatoms. The Morgan fingerprint density at radius 1 is 1.43 bits per heavy atom. The number of nitrogens with zero attached hydrogens (tertiary/aromatic N) is 1. The molecule has 1 atom stereocenters. The number of carbonyl (C=O) groups is 1. The van der Waals surface area contributed by atoms with Gasteiger partial charge in [-0.3, -0.25) is 4.79 Å². The van der Waals surface area contributed by atoms with Crippen molar-refractivity contribution in [1.82, 2.24) is 0 Å². The maximum Gasteiger partial charge on any atom is 0.227 e. The average molecular weight is 311 g/mol. The van der Waals surface area contributed by atoms with Gasteiger partial charge < -0.3 is 15.0 Å². The van der Waals surface area contributed by atoms with E-state index in [2.05, 4.69) is 17.1 Å². The van der Waals surface area contributed by atoms with Crippen molar-refractivity contribution in [3.63, 3.8) is 0 Å². The molecule has 0 spiro atoms. The zero-order valence-electron chi connectivity index (χ0n) is 12.7. The monoisotopic (exact) mass is 310 g/mol. The van der Waals surface area contributed by atoms with Gasteiger partial charge in [0.15, 0.2) is 0 Å². The summed E-state index contributed by atoms with van der Waals surface area (Å²) < 4.78 is 5.38. The largest absolute Gasteiger partial charge is 0.378 e. The van der Waals surface area contributed by atoms with Gasteiger partial charge in [0.2, 0.25) is 5.91 Å². The number of halogens is 1. The number of nitrogens with one attached hydrogen (secondary N) is 1. The summed E-state index contributed by atoms with van der Waals surface area (Å²) in [5.41, 5.74) is 1.69. The Morgan fingerprint density at radius 2 is 2.14 bits per heavy atom. The summed E-state index contributed by atoms with van der Waals surface area (Å²) >= 11 is 6.35. The van der Waals surface area contributed by atoms with Crippen molar-refractivity contribution >= 4 is 28.9 Å². The third kappa shape index (κ3) is 4.11. The van der Waals surface area contributed by atoms with Gasteiger partial charge in [0.25, 0.3) is 0 Å². The van der Waals surface area contributed by atoms with Crippen LogP contribution in [0, 0.1) is 5.92 Å². The van der Waals surface area contributed by atoms with Crippen LogP contribution in [-0.2, 0) is 9.53 Å². The van der Waals surface area contributed by atoms with Crippen LogP contribution in [0.1, 0.15) is 26.7 Å². The lowest BCUT2D eigenvalue weighted by molar-refractivity contribution is -0.119. The molecule has 0 aliphatic carbocycles. The SMILES string of the molecule is CCCC(C)C(=O)Nc1cccc(Cl)c1N1CCOCC1. The molecular formula is C16H23ClN2O2. The van der Waals surface area contributed by atoms with E-state index in [4.69, 9.17) is 16.3 Å². The molecule has 1 aliphatic rings. The fourth-order valence-corrected chi connectivity index (χ4v) is 2.84. The fourth-order valence-electron chi connectivity index (χ4n) is 2.54. The molecule has 0 bridgehead atoms. The molecule has 1 unspecified atom stereocenters. The molecule has 4 nitrogen and oxygen atoms in total. The van der Waals surface area contributed by atoms with E-state index in [1.807, 2.05) is 25.1 Å². The third-order valence-corrected chi connectivity index (χ3v) is 4.05. The minimum absolute atomic E-state index is 0.00604. The number of carbonyl (C=O) groups excluding carboxylic acids is 1. The van der Waals surface area contributed by atoms with E-state index >= 15 is 0 Å². The summed E-state index contributed by atoms with van der Waals surface area (Å²) in [6.45, 7) is 6.99. The summed E-state index contributed by atoms with van der Waals surface area (Å²) in [6.07, 6.45) is 1.89. The molecule has 1 aliphatic heterocycles. The highest BCUT2D eigenvalue weighted by Crippen LogP contribution is 2.34. The van der Waals surface area contributed by atoms with Crippen molar-refractivity contribution in [3.05, 3.63) is 23.2 Å². The van der Waals surface area contributed by atoms with Crippen molar-refractivity contribution in [3.8, 4) is 0 Å². The fraction of sp³-hybridized carbons (Fsp3) is 0.562. The molecule has 21 heavy (non-hydrogen) atoms. The Morgan fingerprint density at radius 3 is 2.81 bits per heavy atom. The summed E-state index contributed by atoms with van der Waals surface area (Å²) in [6, 6.07) is 5.64. The van der Waals surface area contributed by atoms with E-state index in [9.17, 15) is 4.79 Å². The first-order valence-corrected chi connectivity index (χ1v) is 7.93. The zero-order valence-corrected chi connectivity index (χ0v) is 13.4. The molecule has 0 radical (unpaired) electrons. The van der Waals surface area contributed by atoms with E-state index in [-0.39, 0.29) is 11.8 Å². The van der Waals surface area contributed by atoms with Crippen LogP contribution in [0.15, 0.2) is 18.2 Å². The maximum atomic E-state index is 12.3. The second-order valence-corrected chi connectivity index (χ2v) is 5.82. The molecule has 1 aromatic carbocycles. The molecule has 0 saturated carbocycles. The van der Waals surface area contributed by atoms with Crippen molar-refractivity contribution in [2.24, 2.45) is 5.92 Å². The number of para-hydroxylation sites is 1. The van der Waals surface area contributed by atoms with Gasteiger partial charge in [0.05, 0.1) is 29.6 Å². The van der Waals surface area contributed by atoms with Crippen LogP contribution in [0.5, 0.6) is 0 Å². The Labute approximate surface area is 131 Å². The van der Waals surface area contributed by atoms with Crippen LogP contribution < -0.4 is 10.2 Å². The standard InChI is InChI=1S/C16H23ClN2O2/c1-3-5-12(2)16(20)18-14-7-4-6-13(17)15(14)19-8-10-21-11-9-19/h4,6-7,12H,3,5,8-11H2,1-2H3,(H,18,20). The van der Waals surface area contributed by atoms with Gasteiger partial charge in [-0.15, -0.1) is 0 Å². The van der Waals surface area contributed by atoms with Crippen LogP contribution in [-0.4, -0.2) is 32.2 Å². The van der Waals surface area contributed by atoms with Crippen LogP contribution >= 0.6 is 11.6 Å². The van der Waals surface area contributed by atoms with Crippen molar-refractivity contribution < 1.29 is 9.53 Å². The molecule has 1 fully saturated rings. The highest BCUT2D eigenvalue weighted by molar-refractivity contribution is 6.34. The minimum atomic E-state index is 0.00604. The first-order chi connectivity index (χ1) is 10.1. The van der Waals surface area contributed by atoms with Gasteiger partial charge in [-0.05, 0) is 18.6 Å². The Balaban J connectivity index is 2.19. The van der Waals surface area contributed by atoms with Crippen LogP contribution in [0.25, 0.3) is 0 Å². The minimum Gasteiger partial charge on any atom is -0.378 e. The molecule has 1 aromatic rings. The van der Waals surface area contributed by atoms with Crippen molar-refractivity contribution in [2.45, 2.75) is 26.7 Å². The lowest BCUT2D eigenvalue weighted by atomic mass is 10.1. The predicted octanol–water partition coefficient (Wildman–Crippen LogP) is 3.55. The number of amides is 1. The predicted molar refractivity (Wildman–Crippen MR) is 87.2 cm³/mol. The van der Waals surface area contributed by atoms with Gasteiger partial charge in [0, 0.05) is 19.0 Å². The van der Waals surface area contributed by atoms with Gasteiger partial charge in [-0.2, -0.15) is 0 Å². The van der Waals surface area contributed by atoms with Crippen molar-refractivity contribution in [2.75, 3.05) is 36.5 Å². The quantitative estimate of drug-likeness (QED) is 0.904. The van der Waals surface area contributed by atoms with Crippen LogP contribution in [0.3, 0.4) is 0 Å². The first-order valence-electron chi connectivity index (χ1n) is 7.55. The number of rotatable bonds is 5. The third-order valence-electron chi connectivity index (χ3n) is 3.74. The van der Waals surface area contributed by atoms with Gasteiger partial charge >= 0.3 is 0 Å². The van der Waals surface area contributed by atoms with E-state index in [0.717, 1.165) is 37.3 Å². The number of anilines is 2. The van der Waals surface area contributed by atoms with Crippen LogP contribution in [0.2, 0.25) is 5.02 Å². The zero-order chi connectivity index (χ0) is 15.2. The van der Waals surface area contributed by atoms with Crippen LogP contribution in [0.4, 0.5) is 11.4 Å². The molecule has 1 N–H and O–H groups in total. The van der Waals surface area contributed by atoms with E-state index in [1.54, 1.807) is 0 Å². The second kappa shape index (κ2) is 7.66. The smallest absolute Gasteiger partial charge is 0.227 e. The highest BCUT2D eigenvalue weighted by atomic mass is 35.5. The molecule has 2 rings (SSSR count). The van der Waals surface area contributed by atoms with E-state index in [0.29, 0.717) is 18.2 Å². The summed E-state index contributed by atoms with van der Waals surface area (Å²) in [5, 5.41) is 3.69. The topological polar surface area (TPSA) is 41.6 Å². The Bertz CT molecular complexity index is 487. The number of hydrogen-bond donors (Lipinski definition) is 1. The Hall–Kier alpha value is -1.26. The number of benzene rings is 1. The first kappa shape index (κ1) is 16.1. The summed E-state index contributed by atoms with van der Waals surface area (Å²) in [5.74, 6) is 0.0557. The van der Waals surface area contributed by atoms with Crippen molar-refractivity contribution in [1.29, 1.82) is 0 Å². The Kier molecular flexibility index (Phi) is 5.88. The van der Waals surface area contributed by atoms with Gasteiger partial charge in [0.1, 0.15) is 0 Å². The number of morpholine rings is 1. The van der Waals surface area contributed by atoms with Gasteiger partial charge in [-0.1, -0.05) is 37.9 Å². The normalized spacial score (nSPS) is 16.6. The average Bonchev–Trinajstić information content (AvgIpc) is 2.48. The lowest BCUT2D eigenvalue weighted by Gasteiger charge is -2.31. The van der Waals surface area contributed by atoms with Gasteiger partial charge in [-0.25, -0.2) is 0 Å². The number of hydrogen-bond acceptors (Lipinski definition) is 3. The number of ether oxygens (including phenoxy) is 1. The summed E-state index contributed by atoms with van der Waals surface area (Å²) in [4.78, 5) is 14.4. The second-order valence-electron chi connectivity index (χ2n) is 5.41. The van der Waals surface area contributed by atoms with E-state index < -0.39 is 0 Å². The molecule has 1 heterocycles. The highest BCUT2D eigenvalue weighted by Gasteiger charge is 2.20. The molecule has 0 aromatic heterocycles. The lowest BCUT2D eigenvalue weighted by Crippen LogP contribution is -2.37. The molecular weight excluding hydrogens is 288 g/mol. The molecule has 1 saturated heterocycles. The van der Waals surface area contributed by atoms with E-state index in [1.165, 1.54) is 0 Å². The maximum absolute atomic E-state index is 12.3. The molecule has 1 amide bonds. The molecule has 116 valence electrons. The summed E-state index contributed by atoms with van der Waals surface area (Å²) in [7, 11) is 0.